The first-order valence-corrected chi connectivity index (χ1v) is 12.6. The molecular weight excluding hydrogens is 476 g/mol. The molecule has 1 saturated heterocycles. The summed E-state index contributed by atoms with van der Waals surface area (Å²) < 4.78 is 1.98. The number of carbonyl (C=O) groups is 2. The lowest BCUT2D eigenvalue weighted by molar-refractivity contribution is -0.117. The van der Waals surface area contributed by atoms with Gasteiger partial charge in [0.2, 0.25) is 5.91 Å². The number of hydrogen-bond acceptors (Lipinski definition) is 7. The molecule has 0 unspecified atom stereocenters. The molecule has 0 radical (unpaired) electrons. The monoisotopic (exact) mass is 506 g/mol. The zero-order valence-electron chi connectivity index (χ0n) is 20.5. The Morgan fingerprint density at radius 2 is 2.00 bits per heavy atom. The molecule has 0 bridgehead atoms. The number of benzene rings is 1. The fraction of sp³-hybridized carbons (Fsp3) is 0.385. The zero-order valence-corrected chi connectivity index (χ0v) is 21.3. The summed E-state index contributed by atoms with van der Waals surface area (Å²) in [7, 11) is 0. The Balaban J connectivity index is 1.77. The van der Waals surface area contributed by atoms with E-state index in [1.54, 1.807) is 25.1 Å². The number of carbonyl (C=O) groups excluding carboxylic acids is 2. The number of hydrogen-bond donors (Lipinski definition) is 3. The molecule has 1 fully saturated rings. The van der Waals surface area contributed by atoms with Crippen LogP contribution < -0.4 is 30.7 Å². The summed E-state index contributed by atoms with van der Waals surface area (Å²) in [5, 5.41) is 18.0. The van der Waals surface area contributed by atoms with Gasteiger partial charge in [-0.25, -0.2) is 0 Å². The minimum atomic E-state index is -0.624. The molecule has 0 aliphatic carbocycles. The number of likely N-dealkylation sites (tertiary alicyclic amines) is 1. The van der Waals surface area contributed by atoms with Crippen molar-refractivity contribution in [3.8, 4) is 18.4 Å². The number of terminal acetylenes is 1. The number of aromatic nitrogens is 1. The van der Waals surface area contributed by atoms with Crippen LogP contribution in [0.1, 0.15) is 26.7 Å². The molecule has 3 rings (SSSR count). The first kappa shape index (κ1) is 26.7. The molecule has 36 heavy (non-hydrogen) atoms. The van der Waals surface area contributed by atoms with Crippen LogP contribution >= 0.6 is 11.3 Å². The largest absolute Gasteiger partial charge is 0.360 e. The van der Waals surface area contributed by atoms with Crippen LogP contribution in [-0.2, 0) is 16.1 Å². The van der Waals surface area contributed by atoms with Crippen LogP contribution in [0.3, 0.4) is 0 Å². The minimum Gasteiger partial charge on any atom is -0.360 e. The highest BCUT2D eigenvalue weighted by molar-refractivity contribution is 7.07. The third-order valence-corrected chi connectivity index (χ3v) is 7.02. The average Bonchev–Trinajstić information content (AvgIpc) is 3.18. The topological polar surface area (TPSA) is 119 Å². The van der Waals surface area contributed by atoms with Crippen LogP contribution in [-0.4, -0.2) is 47.5 Å². The molecule has 2 heterocycles. The molecule has 2 amide bonds. The van der Waals surface area contributed by atoms with Crippen LogP contribution in [0.25, 0.3) is 11.8 Å². The summed E-state index contributed by atoms with van der Waals surface area (Å²) in [6.07, 6.45) is 8.92. The molecule has 10 heteroatoms. The second-order valence-electron chi connectivity index (χ2n) is 8.57. The summed E-state index contributed by atoms with van der Waals surface area (Å²) in [6.45, 7) is 6.50. The molecule has 1 aliphatic heterocycles. The third kappa shape index (κ3) is 6.85. The highest BCUT2D eigenvalue weighted by Crippen LogP contribution is 2.17. The second kappa shape index (κ2) is 12.7. The van der Waals surface area contributed by atoms with E-state index in [0.717, 1.165) is 37.3 Å². The standard InChI is InChI=1S/C26H30N6O3S/c1-4-11-28-24(34)21(15-27)26-32(5-2)25(35)22(36-26)16-29-19-7-6-8-20(14-19)30-23(33)17-31-12-9-18(3)10-13-31/h1,6-8,14,16,18,29H,5,9-13,17H2,2-3H3,(H,28,34)(H,30,33)/b22-16+,26-21-. The number of nitriles is 1. The highest BCUT2D eigenvalue weighted by atomic mass is 32.1. The smallest absolute Gasteiger partial charge is 0.270 e. The Labute approximate surface area is 214 Å². The second-order valence-corrected chi connectivity index (χ2v) is 9.60. The molecule has 1 aliphatic rings. The lowest BCUT2D eigenvalue weighted by atomic mass is 9.99. The molecule has 1 aromatic carbocycles. The van der Waals surface area contributed by atoms with Gasteiger partial charge in [-0.2, -0.15) is 5.26 Å². The zero-order chi connectivity index (χ0) is 26.1. The van der Waals surface area contributed by atoms with Crippen molar-refractivity contribution in [2.75, 3.05) is 36.8 Å². The van der Waals surface area contributed by atoms with Gasteiger partial charge in [0, 0.05) is 24.1 Å². The van der Waals surface area contributed by atoms with E-state index in [0.29, 0.717) is 34.9 Å². The lowest BCUT2D eigenvalue weighted by Gasteiger charge is -2.29. The minimum absolute atomic E-state index is 0.0175. The van der Waals surface area contributed by atoms with E-state index < -0.39 is 5.91 Å². The molecule has 2 aromatic rings. The summed E-state index contributed by atoms with van der Waals surface area (Å²) in [4.78, 5) is 39.9. The average molecular weight is 507 g/mol. The van der Waals surface area contributed by atoms with Crippen molar-refractivity contribution in [2.24, 2.45) is 5.92 Å². The van der Waals surface area contributed by atoms with E-state index in [1.807, 2.05) is 12.1 Å². The number of rotatable bonds is 8. The van der Waals surface area contributed by atoms with Crippen LogP contribution in [0, 0.1) is 29.6 Å². The van der Waals surface area contributed by atoms with E-state index in [2.05, 4.69) is 33.7 Å². The Kier molecular flexibility index (Phi) is 9.46. The van der Waals surface area contributed by atoms with Crippen molar-refractivity contribution in [1.82, 2.24) is 14.8 Å². The Bertz CT molecular complexity index is 1370. The molecule has 0 saturated carbocycles. The molecule has 0 atom stereocenters. The summed E-state index contributed by atoms with van der Waals surface area (Å²) >= 11 is 1.04. The van der Waals surface area contributed by atoms with Crippen molar-refractivity contribution in [3.63, 3.8) is 0 Å². The maximum Gasteiger partial charge on any atom is 0.270 e. The van der Waals surface area contributed by atoms with Gasteiger partial charge in [0.15, 0.2) is 5.57 Å². The number of nitrogens with one attached hydrogen (secondary N) is 3. The maximum absolute atomic E-state index is 12.9. The van der Waals surface area contributed by atoms with Gasteiger partial charge in [-0.1, -0.05) is 18.9 Å². The van der Waals surface area contributed by atoms with Crippen molar-refractivity contribution in [1.29, 1.82) is 5.26 Å². The number of amides is 2. The van der Waals surface area contributed by atoms with Gasteiger partial charge in [-0.3, -0.25) is 23.9 Å². The van der Waals surface area contributed by atoms with E-state index in [-0.39, 0.29) is 28.2 Å². The van der Waals surface area contributed by atoms with Crippen molar-refractivity contribution >= 4 is 46.3 Å². The fourth-order valence-electron chi connectivity index (χ4n) is 3.87. The normalized spacial score (nSPS) is 15.5. The first-order valence-electron chi connectivity index (χ1n) is 11.8. The predicted molar refractivity (Wildman–Crippen MR) is 142 cm³/mol. The molecule has 0 spiro atoms. The summed E-state index contributed by atoms with van der Waals surface area (Å²) in [5.74, 6) is 2.30. The van der Waals surface area contributed by atoms with Gasteiger partial charge in [0.25, 0.3) is 11.5 Å². The number of anilines is 2. The Hall–Kier alpha value is -3.86. The predicted octanol–water partition coefficient (Wildman–Crippen LogP) is 0.874. The molecular formula is C26H30N6O3S. The Morgan fingerprint density at radius 3 is 2.67 bits per heavy atom. The maximum atomic E-state index is 12.9. The first-order chi connectivity index (χ1) is 17.4. The molecule has 188 valence electrons. The van der Waals surface area contributed by atoms with Crippen LogP contribution in [0.15, 0.2) is 29.1 Å². The van der Waals surface area contributed by atoms with Gasteiger partial charge in [0.05, 0.1) is 13.1 Å². The van der Waals surface area contributed by atoms with Crippen LogP contribution in [0.4, 0.5) is 11.4 Å². The van der Waals surface area contributed by atoms with Crippen LogP contribution in [0.5, 0.6) is 0 Å². The van der Waals surface area contributed by atoms with Crippen molar-refractivity contribution in [2.45, 2.75) is 33.2 Å². The van der Waals surface area contributed by atoms with Gasteiger partial charge < -0.3 is 16.0 Å². The lowest BCUT2D eigenvalue weighted by Crippen LogP contribution is -2.38. The summed E-state index contributed by atoms with van der Waals surface area (Å²) in [5.41, 5.74) is 0.838. The molecule has 9 nitrogen and oxygen atoms in total. The number of thiazole rings is 1. The van der Waals surface area contributed by atoms with Gasteiger partial charge >= 0.3 is 0 Å². The van der Waals surface area contributed by atoms with E-state index in [9.17, 15) is 19.6 Å². The van der Waals surface area contributed by atoms with Crippen LogP contribution in [0.2, 0.25) is 0 Å². The number of piperidine rings is 1. The van der Waals surface area contributed by atoms with E-state index in [1.165, 1.54) is 10.8 Å². The fourth-order valence-corrected chi connectivity index (χ4v) is 4.95. The van der Waals surface area contributed by atoms with Crippen molar-refractivity contribution < 1.29 is 9.59 Å². The van der Waals surface area contributed by atoms with E-state index in [4.69, 9.17) is 6.42 Å². The summed E-state index contributed by atoms with van der Waals surface area (Å²) in [6, 6.07) is 9.07. The quantitative estimate of drug-likeness (QED) is 0.457. The van der Waals surface area contributed by atoms with Gasteiger partial charge in [-0.15, -0.1) is 17.8 Å². The van der Waals surface area contributed by atoms with Gasteiger partial charge in [0.1, 0.15) is 15.3 Å². The molecule has 3 N–H and O–H groups in total. The third-order valence-electron chi connectivity index (χ3n) is 5.89. The highest BCUT2D eigenvalue weighted by Gasteiger charge is 2.18. The van der Waals surface area contributed by atoms with Gasteiger partial charge in [-0.05, 0) is 57.0 Å². The Morgan fingerprint density at radius 1 is 1.28 bits per heavy atom. The van der Waals surface area contributed by atoms with Crippen molar-refractivity contribution in [3.05, 3.63) is 43.8 Å². The SMILES string of the molecule is C#CCNC(=O)/C(C#N)=c1\s/c(=C/Nc2cccc(NC(=O)CN3CCC(C)CC3)c2)c(=O)n1CC. The van der Waals surface area contributed by atoms with E-state index >= 15 is 0 Å². The number of nitrogens with zero attached hydrogens (tertiary/aromatic N) is 3. The molecule has 1 aromatic heterocycles.